The third kappa shape index (κ3) is 2.24. The van der Waals surface area contributed by atoms with Gasteiger partial charge in [0.2, 0.25) is 0 Å². The van der Waals surface area contributed by atoms with Crippen molar-refractivity contribution in [3.05, 3.63) is 29.3 Å². The molecule has 0 heterocycles. The summed E-state index contributed by atoms with van der Waals surface area (Å²) in [5.74, 6) is 0.990. The van der Waals surface area contributed by atoms with Crippen LogP contribution in [0.3, 0.4) is 0 Å². The molecule has 0 fully saturated rings. The Labute approximate surface area is 80.4 Å². The molecule has 0 atom stereocenters. The Morgan fingerprint density at radius 2 is 1.62 bits per heavy atom. The topological polar surface area (TPSA) is 19.9 Å². The van der Waals surface area contributed by atoms with Crippen molar-refractivity contribution in [3.8, 4) is 5.75 Å². The molecule has 0 saturated heterocycles. The number of rotatable bonds is 2. The molecule has 0 aliphatic heterocycles. The molecule has 0 N–H and O–H groups in total. The maximum atomic E-state index is 11.4. The summed E-state index contributed by atoms with van der Waals surface area (Å²) in [4.78, 5) is 0. The lowest BCUT2D eigenvalue weighted by atomic mass is 9.95. The summed E-state index contributed by atoms with van der Waals surface area (Å²) in [7, 11) is 0. The van der Waals surface area contributed by atoms with Crippen molar-refractivity contribution >= 4 is 0 Å². The molecular formula is C12H17O. The molecule has 0 aliphatic carbocycles. The van der Waals surface area contributed by atoms with Crippen molar-refractivity contribution in [1.29, 1.82) is 0 Å². The van der Waals surface area contributed by atoms with Crippen LogP contribution in [-0.4, -0.2) is 0 Å². The molecule has 13 heavy (non-hydrogen) atoms. The Bertz CT molecular complexity index is 287. The van der Waals surface area contributed by atoms with Crippen LogP contribution in [0.5, 0.6) is 5.75 Å². The standard InChI is InChI=1S/C12H17O/c1-8(2)10-5-6-12(13)11(7-10)9(3)4/h5-9H,1-4H3. The lowest BCUT2D eigenvalue weighted by Crippen LogP contribution is -1.92. The maximum Gasteiger partial charge on any atom is 0.182 e. The molecule has 0 unspecified atom stereocenters. The lowest BCUT2D eigenvalue weighted by molar-refractivity contribution is 0.348. The third-order valence-corrected chi connectivity index (χ3v) is 2.32. The van der Waals surface area contributed by atoms with Crippen LogP contribution in [-0.2, 0) is 5.11 Å². The fourth-order valence-electron chi connectivity index (χ4n) is 1.38. The number of hydrogen-bond acceptors (Lipinski definition) is 0. The van der Waals surface area contributed by atoms with Gasteiger partial charge in [-0.25, -0.2) is 0 Å². The van der Waals surface area contributed by atoms with Gasteiger partial charge in [-0.05, 0) is 23.5 Å². The van der Waals surface area contributed by atoms with E-state index in [0.717, 1.165) is 5.56 Å². The molecule has 1 radical (unpaired) electrons. The average molecular weight is 177 g/mol. The molecular weight excluding hydrogens is 160 g/mol. The minimum Gasteiger partial charge on any atom is -0.290 e. The summed E-state index contributed by atoms with van der Waals surface area (Å²) in [6, 6.07) is 5.65. The van der Waals surface area contributed by atoms with Crippen molar-refractivity contribution < 1.29 is 5.11 Å². The quantitative estimate of drug-likeness (QED) is 0.648. The smallest absolute Gasteiger partial charge is 0.182 e. The Balaban J connectivity index is 3.11. The predicted molar refractivity (Wildman–Crippen MR) is 54.8 cm³/mol. The zero-order chi connectivity index (χ0) is 10.0. The Morgan fingerprint density at radius 1 is 1.00 bits per heavy atom. The van der Waals surface area contributed by atoms with E-state index >= 15 is 0 Å². The maximum absolute atomic E-state index is 11.4. The summed E-state index contributed by atoms with van der Waals surface area (Å²) in [6.45, 7) is 8.40. The van der Waals surface area contributed by atoms with Gasteiger partial charge >= 0.3 is 0 Å². The third-order valence-electron chi connectivity index (χ3n) is 2.32. The molecule has 1 nitrogen and oxygen atoms in total. The van der Waals surface area contributed by atoms with E-state index in [1.807, 2.05) is 12.1 Å². The van der Waals surface area contributed by atoms with E-state index in [0.29, 0.717) is 11.8 Å². The van der Waals surface area contributed by atoms with Crippen molar-refractivity contribution in [3.63, 3.8) is 0 Å². The van der Waals surface area contributed by atoms with Gasteiger partial charge in [-0.2, -0.15) is 0 Å². The number of benzene rings is 1. The van der Waals surface area contributed by atoms with Crippen LogP contribution in [0, 0.1) is 0 Å². The second-order valence-electron chi connectivity index (χ2n) is 4.11. The van der Waals surface area contributed by atoms with E-state index in [2.05, 4.69) is 27.7 Å². The second-order valence-corrected chi connectivity index (χ2v) is 4.11. The largest absolute Gasteiger partial charge is 0.290 e. The van der Waals surface area contributed by atoms with Crippen LogP contribution in [0.1, 0.15) is 50.7 Å². The Kier molecular flexibility index (Phi) is 2.97. The van der Waals surface area contributed by atoms with Gasteiger partial charge in [0.15, 0.2) is 5.75 Å². The van der Waals surface area contributed by atoms with Gasteiger partial charge in [-0.1, -0.05) is 39.8 Å². The predicted octanol–water partition coefficient (Wildman–Crippen LogP) is 4.08. The summed E-state index contributed by atoms with van der Waals surface area (Å²) in [5.41, 5.74) is 2.19. The van der Waals surface area contributed by atoms with Crippen molar-refractivity contribution in [1.82, 2.24) is 0 Å². The molecule has 1 heteroatoms. The van der Waals surface area contributed by atoms with E-state index < -0.39 is 0 Å². The van der Waals surface area contributed by atoms with Gasteiger partial charge < -0.3 is 0 Å². The fourth-order valence-corrected chi connectivity index (χ4v) is 1.38. The van der Waals surface area contributed by atoms with E-state index in [9.17, 15) is 5.11 Å². The summed E-state index contributed by atoms with van der Waals surface area (Å²) in [6.07, 6.45) is 0. The molecule has 0 aliphatic rings. The zero-order valence-corrected chi connectivity index (χ0v) is 8.79. The van der Waals surface area contributed by atoms with Gasteiger partial charge in [-0.3, -0.25) is 5.11 Å². The highest BCUT2D eigenvalue weighted by molar-refractivity contribution is 5.38. The van der Waals surface area contributed by atoms with Crippen molar-refractivity contribution in [2.24, 2.45) is 0 Å². The first-order valence-corrected chi connectivity index (χ1v) is 4.83. The normalized spacial score (nSPS) is 11.2. The average Bonchev–Trinajstić information content (AvgIpc) is 2.04. The fraction of sp³-hybridized carbons (Fsp3) is 0.500. The number of hydrogen-bond donors (Lipinski definition) is 0. The molecule has 0 bridgehead atoms. The van der Waals surface area contributed by atoms with Gasteiger partial charge in [0, 0.05) is 5.56 Å². The highest BCUT2D eigenvalue weighted by Gasteiger charge is 2.09. The molecule has 1 aromatic carbocycles. The van der Waals surface area contributed by atoms with Gasteiger partial charge in [0.25, 0.3) is 0 Å². The van der Waals surface area contributed by atoms with Crippen LogP contribution in [0.4, 0.5) is 0 Å². The first kappa shape index (κ1) is 10.1. The van der Waals surface area contributed by atoms with Crippen molar-refractivity contribution in [2.45, 2.75) is 39.5 Å². The molecule has 0 saturated carbocycles. The first-order valence-electron chi connectivity index (χ1n) is 4.83. The van der Waals surface area contributed by atoms with E-state index in [1.165, 1.54) is 5.56 Å². The second kappa shape index (κ2) is 3.82. The minimum absolute atomic E-state index is 0.166. The monoisotopic (exact) mass is 177 g/mol. The zero-order valence-electron chi connectivity index (χ0n) is 8.79. The lowest BCUT2D eigenvalue weighted by Gasteiger charge is -2.11. The molecule has 0 amide bonds. The molecule has 71 valence electrons. The van der Waals surface area contributed by atoms with Crippen LogP contribution >= 0.6 is 0 Å². The molecule has 1 aromatic rings. The molecule has 0 spiro atoms. The van der Waals surface area contributed by atoms with Crippen LogP contribution in [0.15, 0.2) is 18.2 Å². The highest BCUT2D eigenvalue weighted by Crippen LogP contribution is 2.29. The minimum atomic E-state index is 0.166. The van der Waals surface area contributed by atoms with Crippen LogP contribution in [0.25, 0.3) is 0 Å². The van der Waals surface area contributed by atoms with Gasteiger partial charge in [0.1, 0.15) is 0 Å². The van der Waals surface area contributed by atoms with E-state index in [1.54, 1.807) is 6.07 Å². The van der Waals surface area contributed by atoms with E-state index in [4.69, 9.17) is 0 Å². The van der Waals surface area contributed by atoms with Gasteiger partial charge in [-0.15, -0.1) is 0 Å². The highest BCUT2D eigenvalue weighted by atomic mass is 16.3. The SMILES string of the molecule is CC(C)c1ccc([O])c(C(C)C)c1. The van der Waals surface area contributed by atoms with Crippen molar-refractivity contribution in [2.75, 3.05) is 0 Å². The van der Waals surface area contributed by atoms with Crippen LogP contribution < -0.4 is 0 Å². The first-order chi connectivity index (χ1) is 6.02. The Morgan fingerprint density at radius 3 is 2.08 bits per heavy atom. The van der Waals surface area contributed by atoms with Crippen LogP contribution in [0.2, 0.25) is 0 Å². The molecule has 0 aromatic heterocycles. The summed E-state index contributed by atoms with van der Waals surface area (Å²) < 4.78 is 0. The Hall–Kier alpha value is -0.980. The molecule has 1 rings (SSSR count). The van der Waals surface area contributed by atoms with Gasteiger partial charge in [0.05, 0.1) is 0 Å². The van der Waals surface area contributed by atoms with E-state index in [-0.39, 0.29) is 5.75 Å². The summed E-state index contributed by atoms with van der Waals surface area (Å²) in [5, 5.41) is 11.4. The summed E-state index contributed by atoms with van der Waals surface area (Å²) >= 11 is 0.